The molecule has 2 aliphatic carbocycles. The Morgan fingerprint density at radius 1 is 1.18 bits per heavy atom. The van der Waals surface area contributed by atoms with Crippen LogP contribution in [0.25, 0.3) is 11.2 Å². The van der Waals surface area contributed by atoms with Crippen molar-refractivity contribution in [2.24, 2.45) is 11.8 Å². The number of aromatic nitrogens is 4. The Labute approximate surface area is 228 Å². The molecule has 212 valence electrons. The molecule has 2 heterocycles. The molecule has 2 unspecified atom stereocenters. The molecule has 12 heteroatoms. The van der Waals surface area contributed by atoms with Gasteiger partial charge in [0.15, 0.2) is 11.5 Å². The summed E-state index contributed by atoms with van der Waals surface area (Å²) >= 11 is 0. The summed E-state index contributed by atoms with van der Waals surface area (Å²) in [6.07, 6.45) is 2.01. The van der Waals surface area contributed by atoms with Gasteiger partial charge in [-0.1, -0.05) is 55.0 Å². The first-order valence-corrected chi connectivity index (χ1v) is 13.3. The molecule has 3 atom stereocenters. The zero-order valence-electron chi connectivity index (χ0n) is 21.9. The molecule has 3 aromatic rings. The van der Waals surface area contributed by atoms with Gasteiger partial charge >= 0.3 is 12.1 Å². The van der Waals surface area contributed by atoms with Crippen LogP contribution in [0.4, 0.5) is 24.9 Å². The third-order valence-electron chi connectivity index (χ3n) is 7.59. The SMILES string of the molecule is C[C@@H](Nc1nc(C(=O)O)nc2nc(NCC(O)c3ccccc3)n(CC3=CCC(C(F)(F)F)C=C3)c12)C1CCC1. The van der Waals surface area contributed by atoms with Crippen molar-refractivity contribution in [2.45, 2.75) is 57.5 Å². The van der Waals surface area contributed by atoms with E-state index < -0.39 is 30.0 Å². The van der Waals surface area contributed by atoms with Gasteiger partial charge < -0.3 is 25.4 Å². The van der Waals surface area contributed by atoms with Gasteiger partial charge in [0.2, 0.25) is 11.8 Å². The molecule has 0 amide bonds. The number of halogens is 3. The number of nitrogens with one attached hydrogen (secondary N) is 2. The maximum atomic E-state index is 13.2. The number of aliphatic hydroxyl groups is 1. The Morgan fingerprint density at radius 2 is 1.93 bits per heavy atom. The van der Waals surface area contributed by atoms with E-state index >= 15 is 0 Å². The number of imidazole rings is 1. The number of anilines is 2. The van der Waals surface area contributed by atoms with Gasteiger partial charge in [-0.25, -0.2) is 14.8 Å². The van der Waals surface area contributed by atoms with Gasteiger partial charge in [0.1, 0.15) is 5.52 Å². The summed E-state index contributed by atoms with van der Waals surface area (Å²) in [5, 5.41) is 26.8. The largest absolute Gasteiger partial charge is 0.475 e. The fraction of sp³-hybridized carbons (Fsp3) is 0.429. The van der Waals surface area contributed by atoms with Gasteiger partial charge in [0, 0.05) is 12.6 Å². The van der Waals surface area contributed by atoms with Crippen LogP contribution in [0.15, 0.2) is 54.1 Å². The minimum absolute atomic E-state index is 0.00879. The van der Waals surface area contributed by atoms with E-state index in [0.717, 1.165) is 25.3 Å². The van der Waals surface area contributed by atoms with Crippen molar-refractivity contribution in [3.05, 3.63) is 65.5 Å². The lowest BCUT2D eigenvalue weighted by Crippen LogP contribution is -2.31. The summed E-state index contributed by atoms with van der Waals surface area (Å²) in [7, 11) is 0. The van der Waals surface area contributed by atoms with Crippen LogP contribution in [-0.2, 0) is 6.54 Å². The highest BCUT2D eigenvalue weighted by atomic mass is 19.4. The van der Waals surface area contributed by atoms with Crippen LogP contribution in [0.3, 0.4) is 0 Å². The second-order valence-electron chi connectivity index (χ2n) is 10.3. The van der Waals surface area contributed by atoms with Gasteiger partial charge in [-0.05, 0) is 43.2 Å². The maximum absolute atomic E-state index is 13.2. The minimum Gasteiger partial charge on any atom is -0.475 e. The molecule has 40 heavy (non-hydrogen) atoms. The molecule has 0 aliphatic heterocycles. The number of aromatic carboxylic acids is 1. The Hall–Kier alpha value is -3.93. The Kier molecular flexibility index (Phi) is 7.79. The summed E-state index contributed by atoms with van der Waals surface area (Å²) in [6, 6.07) is 9.06. The van der Waals surface area contributed by atoms with E-state index in [1.54, 1.807) is 22.8 Å². The zero-order chi connectivity index (χ0) is 28.4. The van der Waals surface area contributed by atoms with Crippen LogP contribution in [0, 0.1) is 11.8 Å². The van der Waals surface area contributed by atoms with E-state index in [1.807, 2.05) is 25.1 Å². The highest BCUT2D eigenvalue weighted by Gasteiger charge is 2.38. The average molecular weight is 557 g/mol. The molecular formula is C28H31F3N6O3. The fourth-order valence-corrected chi connectivity index (χ4v) is 4.98. The third-order valence-corrected chi connectivity index (χ3v) is 7.59. The van der Waals surface area contributed by atoms with Crippen molar-refractivity contribution < 1.29 is 28.2 Å². The number of nitrogens with zero attached hydrogens (tertiary/aromatic N) is 4. The molecule has 4 N–H and O–H groups in total. The van der Waals surface area contributed by atoms with Gasteiger partial charge in [-0.2, -0.15) is 18.2 Å². The number of hydrogen-bond donors (Lipinski definition) is 4. The number of alkyl halides is 3. The molecule has 2 aromatic heterocycles. The van der Waals surface area contributed by atoms with E-state index in [2.05, 4.69) is 25.6 Å². The van der Waals surface area contributed by atoms with Crippen molar-refractivity contribution >= 4 is 28.9 Å². The van der Waals surface area contributed by atoms with Crippen molar-refractivity contribution in [3.63, 3.8) is 0 Å². The number of allylic oxidation sites excluding steroid dienone is 4. The molecule has 0 radical (unpaired) electrons. The molecule has 9 nitrogen and oxygen atoms in total. The molecule has 1 saturated carbocycles. The van der Waals surface area contributed by atoms with E-state index in [0.29, 0.717) is 28.4 Å². The van der Waals surface area contributed by atoms with Gasteiger partial charge in [-0.15, -0.1) is 0 Å². The number of hydrogen-bond acceptors (Lipinski definition) is 7. The number of carbonyl (C=O) groups is 1. The molecule has 2 aliphatic rings. The van der Waals surface area contributed by atoms with Crippen molar-refractivity contribution in [2.75, 3.05) is 17.2 Å². The highest BCUT2D eigenvalue weighted by molar-refractivity contribution is 5.91. The average Bonchev–Trinajstić information content (AvgIpc) is 3.23. The van der Waals surface area contributed by atoms with Gasteiger partial charge in [0.05, 0.1) is 18.6 Å². The topological polar surface area (TPSA) is 125 Å². The lowest BCUT2D eigenvalue weighted by atomic mass is 9.80. The van der Waals surface area contributed by atoms with E-state index in [1.165, 1.54) is 6.08 Å². The molecule has 0 bridgehead atoms. The lowest BCUT2D eigenvalue weighted by molar-refractivity contribution is -0.160. The number of carboxylic acid groups (broad SMARTS) is 1. The summed E-state index contributed by atoms with van der Waals surface area (Å²) in [6.45, 7) is 2.24. The zero-order valence-corrected chi connectivity index (χ0v) is 21.9. The Balaban J connectivity index is 1.52. The van der Waals surface area contributed by atoms with Crippen molar-refractivity contribution in [1.29, 1.82) is 0 Å². The van der Waals surface area contributed by atoms with Crippen molar-refractivity contribution in [3.8, 4) is 0 Å². The fourth-order valence-electron chi connectivity index (χ4n) is 4.98. The summed E-state index contributed by atoms with van der Waals surface area (Å²) < 4.78 is 41.3. The summed E-state index contributed by atoms with van der Waals surface area (Å²) in [5.74, 6) is -2.28. The predicted octanol–water partition coefficient (Wildman–Crippen LogP) is 5.34. The molecule has 5 rings (SSSR count). The van der Waals surface area contributed by atoms with Crippen LogP contribution in [0.1, 0.15) is 54.9 Å². The second kappa shape index (κ2) is 11.3. The van der Waals surface area contributed by atoms with E-state index in [-0.39, 0.29) is 37.1 Å². The Morgan fingerprint density at radius 3 is 2.52 bits per heavy atom. The number of rotatable bonds is 10. The normalized spacial score (nSPS) is 19.1. The quantitative estimate of drug-likeness (QED) is 0.264. The standard InChI is InChI=1S/C28H31F3N6O3/c1-16(18-8-5-9-18)33-23-22-24(35-25(34-23)26(39)40)36-27(32-14-21(38)19-6-3-2-4-7-19)37(22)15-17-10-12-20(13-11-17)28(29,30)31/h2-4,6-7,10-12,16,18,20-21,38H,5,8-9,13-15H2,1H3,(H,39,40)(H2,32,33,34,35,36)/t16-,20?,21?/m1/s1. The van der Waals surface area contributed by atoms with Crippen LogP contribution >= 0.6 is 0 Å². The second-order valence-corrected chi connectivity index (χ2v) is 10.3. The van der Waals surface area contributed by atoms with Crippen LogP contribution in [0.5, 0.6) is 0 Å². The minimum atomic E-state index is -4.32. The molecule has 0 saturated heterocycles. The summed E-state index contributed by atoms with van der Waals surface area (Å²) in [4.78, 5) is 24.8. The molecule has 0 spiro atoms. The molecular weight excluding hydrogens is 525 g/mol. The van der Waals surface area contributed by atoms with E-state index in [4.69, 9.17) is 0 Å². The van der Waals surface area contributed by atoms with Crippen LogP contribution in [-0.4, -0.2) is 54.5 Å². The molecule has 1 fully saturated rings. The first kappa shape index (κ1) is 27.6. The first-order valence-electron chi connectivity index (χ1n) is 13.3. The monoisotopic (exact) mass is 556 g/mol. The Bertz CT molecular complexity index is 1430. The first-order chi connectivity index (χ1) is 19.1. The lowest BCUT2D eigenvalue weighted by Gasteiger charge is -2.32. The maximum Gasteiger partial charge on any atom is 0.395 e. The van der Waals surface area contributed by atoms with Gasteiger partial charge in [-0.3, -0.25) is 0 Å². The predicted molar refractivity (Wildman–Crippen MR) is 144 cm³/mol. The summed E-state index contributed by atoms with van der Waals surface area (Å²) in [5.41, 5.74) is 1.88. The number of aliphatic hydroxyl groups excluding tert-OH is 1. The molecule has 1 aromatic carbocycles. The van der Waals surface area contributed by atoms with Crippen LogP contribution < -0.4 is 10.6 Å². The number of fused-ring (bicyclic) bond motifs is 1. The smallest absolute Gasteiger partial charge is 0.395 e. The number of benzene rings is 1. The van der Waals surface area contributed by atoms with E-state index in [9.17, 15) is 28.2 Å². The van der Waals surface area contributed by atoms with Crippen molar-refractivity contribution in [1.82, 2.24) is 19.5 Å². The van der Waals surface area contributed by atoms with Crippen LogP contribution in [0.2, 0.25) is 0 Å². The number of carboxylic acids is 1. The highest BCUT2D eigenvalue weighted by Crippen LogP contribution is 2.35. The third kappa shape index (κ3) is 5.96. The van der Waals surface area contributed by atoms with Gasteiger partial charge in [0.25, 0.3) is 0 Å².